The maximum atomic E-state index is 5.05. The molecule has 10 heteroatoms. The number of nitrogens with zero attached hydrogens (tertiary/aromatic N) is 10. The summed E-state index contributed by atoms with van der Waals surface area (Å²) in [7, 11) is 0. The lowest BCUT2D eigenvalue weighted by molar-refractivity contribution is 1.16. The third-order valence-electron chi connectivity index (χ3n) is 25.1. The van der Waals surface area contributed by atoms with Gasteiger partial charge < -0.3 is 13.7 Å². The van der Waals surface area contributed by atoms with Crippen molar-refractivity contribution < 1.29 is 0 Å². The fourth-order valence-corrected chi connectivity index (χ4v) is 18.5. The van der Waals surface area contributed by atoms with E-state index in [1.807, 2.05) is 127 Å². The third kappa shape index (κ3) is 16.4. The molecule has 0 atom stereocenters. The van der Waals surface area contributed by atoms with Crippen molar-refractivity contribution in [2.45, 2.75) is 0 Å². The number of pyridine rings is 1. The van der Waals surface area contributed by atoms with Crippen molar-refractivity contribution in [1.29, 1.82) is 0 Å². The van der Waals surface area contributed by atoms with Crippen molar-refractivity contribution in [3.05, 3.63) is 510 Å². The SMILES string of the molecule is c1ccc(-c2cc(-c3cccc(-c4ccc(-n5c6ccccc6c6ccccc65)cc4)c3)nc(-c3ccccc3)n2)cc1.c1ccc(-c2cc(-c3cccc(-c4cccc(-n5c6ccccc6c6ccccc65)c4)c3)nc(-c3ccccc3)n2)cc1.c1ccc(-c2ccc3c(c2)c2cc(-c4ccccc4)ccc2n3-c2ccc(-c3cc(-c4ccccn4)nc(-c4ccccc4)n3)cc2)cc1. The number of fused-ring (bicyclic) bond motifs is 9. The molecule has 634 valence electrons. The van der Waals surface area contributed by atoms with Gasteiger partial charge in [0.25, 0.3) is 0 Å². The molecule has 25 rings (SSSR count). The summed E-state index contributed by atoms with van der Waals surface area (Å²) in [5.41, 5.74) is 34.2. The third-order valence-corrected chi connectivity index (χ3v) is 25.1. The van der Waals surface area contributed by atoms with Crippen LogP contribution in [0.25, 0.3) is 229 Å². The Labute approximate surface area is 781 Å². The molecule has 18 aromatic carbocycles. The number of para-hydroxylation sites is 4. The van der Waals surface area contributed by atoms with Crippen molar-refractivity contribution in [2.75, 3.05) is 0 Å². The van der Waals surface area contributed by atoms with E-state index in [0.29, 0.717) is 5.82 Å². The summed E-state index contributed by atoms with van der Waals surface area (Å²) in [5, 5.41) is 7.51. The van der Waals surface area contributed by atoms with Crippen LogP contribution in [0, 0.1) is 0 Å². The van der Waals surface area contributed by atoms with Gasteiger partial charge in [0.1, 0.15) is 0 Å². The van der Waals surface area contributed by atoms with Crippen LogP contribution < -0.4 is 0 Å². The summed E-state index contributed by atoms with van der Waals surface area (Å²) in [4.78, 5) is 34.5. The molecule has 0 saturated carbocycles. The second-order valence-corrected chi connectivity index (χ2v) is 33.5. The Kier molecular flexibility index (Phi) is 21.9. The molecular formula is C125H84N10. The molecular weight excluding hydrogens is 1640 g/mol. The maximum Gasteiger partial charge on any atom is 0.160 e. The minimum atomic E-state index is 0.675. The highest BCUT2D eigenvalue weighted by molar-refractivity contribution is 6.13. The van der Waals surface area contributed by atoms with E-state index in [1.54, 1.807) is 6.20 Å². The molecule has 0 aliphatic heterocycles. The molecule has 0 fully saturated rings. The second-order valence-electron chi connectivity index (χ2n) is 33.5. The van der Waals surface area contributed by atoms with Crippen LogP contribution in [-0.2, 0) is 0 Å². The van der Waals surface area contributed by atoms with Gasteiger partial charge >= 0.3 is 0 Å². The van der Waals surface area contributed by atoms with Gasteiger partial charge in [0.05, 0.1) is 73.0 Å². The monoisotopic (exact) mass is 1720 g/mol. The fraction of sp³-hybridized carbons (Fsp3) is 0. The van der Waals surface area contributed by atoms with Crippen LogP contribution in [0.15, 0.2) is 510 Å². The highest BCUT2D eigenvalue weighted by atomic mass is 15.0. The van der Waals surface area contributed by atoms with E-state index in [4.69, 9.17) is 29.9 Å². The summed E-state index contributed by atoms with van der Waals surface area (Å²) < 4.78 is 7.08. The first kappa shape index (κ1) is 81.3. The first-order valence-corrected chi connectivity index (χ1v) is 45.5. The average molecular weight is 1730 g/mol. The average Bonchev–Trinajstić information content (AvgIpc) is 1.60. The number of aromatic nitrogens is 10. The Hall–Kier alpha value is -18.3. The minimum absolute atomic E-state index is 0.675. The highest BCUT2D eigenvalue weighted by Crippen LogP contribution is 2.42. The first-order chi connectivity index (χ1) is 66.9. The normalized spacial score (nSPS) is 11.3. The van der Waals surface area contributed by atoms with Crippen LogP contribution >= 0.6 is 0 Å². The molecule has 0 spiro atoms. The molecule has 135 heavy (non-hydrogen) atoms. The Balaban J connectivity index is 0.000000114. The van der Waals surface area contributed by atoms with E-state index in [-0.39, 0.29) is 0 Å². The van der Waals surface area contributed by atoms with Crippen molar-refractivity contribution in [3.8, 4) is 163 Å². The molecule has 0 N–H and O–H groups in total. The number of benzene rings is 18. The van der Waals surface area contributed by atoms with Crippen LogP contribution in [0.3, 0.4) is 0 Å². The summed E-state index contributed by atoms with van der Waals surface area (Å²) in [6, 6.07) is 176. The molecule has 7 aromatic heterocycles. The zero-order valence-corrected chi connectivity index (χ0v) is 73.5. The zero-order chi connectivity index (χ0) is 89.8. The van der Waals surface area contributed by atoms with E-state index in [9.17, 15) is 0 Å². The maximum absolute atomic E-state index is 5.05. The van der Waals surface area contributed by atoms with E-state index in [2.05, 4.69) is 395 Å². The van der Waals surface area contributed by atoms with E-state index >= 15 is 0 Å². The second kappa shape index (κ2) is 36.4. The summed E-state index contributed by atoms with van der Waals surface area (Å²) >= 11 is 0. The largest absolute Gasteiger partial charge is 0.309 e. The van der Waals surface area contributed by atoms with Crippen LogP contribution in [0.1, 0.15) is 0 Å². The van der Waals surface area contributed by atoms with Crippen LogP contribution in [0.5, 0.6) is 0 Å². The lowest BCUT2D eigenvalue weighted by Gasteiger charge is -2.12. The Morgan fingerprint density at radius 1 is 0.126 bits per heavy atom. The van der Waals surface area contributed by atoms with Crippen molar-refractivity contribution in [2.24, 2.45) is 0 Å². The molecule has 0 unspecified atom stereocenters. The topological polar surface area (TPSA) is 105 Å². The predicted octanol–water partition coefficient (Wildman–Crippen LogP) is 31.8. The van der Waals surface area contributed by atoms with Gasteiger partial charge in [-0.2, -0.15) is 0 Å². The zero-order valence-electron chi connectivity index (χ0n) is 73.5. The molecule has 0 saturated heterocycles. The van der Waals surface area contributed by atoms with Gasteiger partial charge in [-0.1, -0.05) is 376 Å². The van der Waals surface area contributed by atoms with Crippen LogP contribution in [0.2, 0.25) is 0 Å². The van der Waals surface area contributed by atoms with Gasteiger partial charge in [0.15, 0.2) is 17.5 Å². The number of hydrogen-bond acceptors (Lipinski definition) is 7. The molecule has 10 nitrogen and oxygen atoms in total. The number of hydrogen-bond donors (Lipinski definition) is 0. The Morgan fingerprint density at radius 2 is 0.378 bits per heavy atom. The van der Waals surface area contributed by atoms with Gasteiger partial charge in [-0.25, -0.2) is 29.9 Å². The molecule has 0 amide bonds. The molecule has 0 radical (unpaired) electrons. The lowest BCUT2D eigenvalue weighted by Crippen LogP contribution is -1.97. The van der Waals surface area contributed by atoms with E-state index in [0.717, 1.165) is 135 Å². The predicted molar refractivity (Wildman–Crippen MR) is 558 cm³/mol. The molecule has 25 aromatic rings. The van der Waals surface area contributed by atoms with Gasteiger partial charge in [-0.3, -0.25) is 4.98 Å². The summed E-state index contributed by atoms with van der Waals surface area (Å²) in [5.74, 6) is 2.11. The molecule has 0 aliphatic carbocycles. The van der Waals surface area contributed by atoms with E-state index < -0.39 is 0 Å². The van der Waals surface area contributed by atoms with E-state index in [1.165, 1.54) is 87.7 Å². The molecule has 7 heterocycles. The lowest BCUT2D eigenvalue weighted by atomic mass is 10.00. The summed E-state index contributed by atoms with van der Waals surface area (Å²) in [6.45, 7) is 0. The number of rotatable bonds is 16. The molecule has 0 bridgehead atoms. The highest BCUT2D eigenvalue weighted by Gasteiger charge is 2.22. The van der Waals surface area contributed by atoms with Gasteiger partial charge in [0.2, 0.25) is 0 Å². The van der Waals surface area contributed by atoms with Crippen LogP contribution in [-0.4, -0.2) is 48.6 Å². The van der Waals surface area contributed by atoms with Gasteiger partial charge in [-0.15, -0.1) is 0 Å². The van der Waals surface area contributed by atoms with Gasteiger partial charge in [-0.05, 0) is 172 Å². The Morgan fingerprint density at radius 3 is 0.763 bits per heavy atom. The van der Waals surface area contributed by atoms with Crippen molar-refractivity contribution in [1.82, 2.24) is 48.6 Å². The minimum Gasteiger partial charge on any atom is -0.309 e. The summed E-state index contributed by atoms with van der Waals surface area (Å²) in [6.07, 6.45) is 1.80. The fourth-order valence-electron chi connectivity index (χ4n) is 18.5. The molecule has 0 aliphatic rings. The van der Waals surface area contributed by atoms with Crippen molar-refractivity contribution >= 4 is 65.4 Å². The smallest absolute Gasteiger partial charge is 0.160 e. The quantitative estimate of drug-likeness (QED) is 0.0949. The van der Waals surface area contributed by atoms with Crippen LogP contribution in [0.4, 0.5) is 0 Å². The first-order valence-electron chi connectivity index (χ1n) is 45.5. The van der Waals surface area contributed by atoms with Gasteiger partial charge in [0, 0.05) is 100 Å². The standard InChI is InChI=1S/C45H30N4.2C40H27N3/c1-4-12-31(13-5-1)35-21-25-43-38(28-35)39-29-36(32-14-6-2-7-15-32)22-26-44(39)49(43)37-23-19-33(20-24-37)41-30-42(40-18-10-11-27-46-40)48-45(47-41)34-16-8-3-9-17-34;1-3-13-28(14-4-1)36-27-37(42-40(41-36)29-15-5-2-6-16-29)32-19-11-17-30(25-32)31-18-12-20-33(26-31)43-38-23-9-7-21-34(38)35-22-8-10-24-39(35)43;1-3-12-29(13-4-1)36-27-37(42-40(41-36)30-14-5-2-6-15-30)32-17-11-16-31(26-32)28-22-24-33(25-23-28)43-38-20-9-7-18-34(38)35-19-8-10-21-39(35)43/h1-30H;2*1-27H. The Bertz CT molecular complexity index is 8230. The van der Waals surface area contributed by atoms with Crippen molar-refractivity contribution in [3.63, 3.8) is 0 Å².